The molecule has 0 amide bonds. The topological polar surface area (TPSA) is 49.8 Å². The summed E-state index contributed by atoms with van der Waals surface area (Å²) in [6.45, 7) is 5.32. The number of nitrogens with zero attached hydrogens (tertiary/aromatic N) is 2. The number of nitrogens with one attached hydrogen (secondary N) is 2. The van der Waals surface area contributed by atoms with Crippen molar-refractivity contribution in [3.05, 3.63) is 18.0 Å². The first kappa shape index (κ1) is 16.9. The maximum atomic E-state index is 12.2. The van der Waals surface area contributed by atoms with E-state index >= 15 is 0 Å². The third-order valence-electron chi connectivity index (χ3n) is 2.10. The summed E-state index contributed by atoms with van der Waals surface area (Å²) in [6.07, 6.45) is -2.85. The van der Waals surface area contributed by atoms with Gasteiger partial charge in [-0.3, -0.25) is 0 Å². The van der Waals surface area contributed by atoms with Gasteiger partial charge in [-0.25, -0.2) is 9.97 Å². The van der Waals surface area contributed by atoms with Crippen LogP contribution in [0.25, 0.3) is 0 Å². The second-order valence-electron chi connectivity index (χ2n) is 3.63. The number of aromatic nitrogens is 2. The minimum absolute atomic E-state index is 0. The van der Waals surface area contributed by atoms with E-state index in [0.717, 1.165) is 18.9 Å². The van der Waals surface area contributed by atoms with E-state index in [0.29, 0.717) is 6.54 Å². The fourth-order valence-corrected chi connectivity index (χ4v) is 1.23. The van der Waals surface area contributed by atoms with E-state index < -0.39 is 11.7 Å². The Morgan fingerprint density at radius 2 is 1.83 bits per heavy atom. The summed E-state index contributed by atoms with van der Waals surface area (Å²) in [6, 6.07) is 0.200. The number of hydrogen-bond donors (Lipinski definition) is 2. The summed E-state index contributed by atoms with van der Waals surface area (Å²) in [7, 11) is 0. The molecule has 1 rings (SSSR count). The van der Waals surface area contributed by atoms with Gasteiger partial charge in [-0.2, -0.15) is 13.2 Å². The van der Waals surface area contributed by atoms with Gasteiger partial charge in [0.05, 0.1) is 5.56 Å². The molecule has 0 aliphatic heterocycles. The molecule has 0 saturated carbocycles. The molecule has 1 aromatic heterocycles. The third-order valence-corrected chi connectivity index (χ3v) is 2.10. The van der Waals surface area contributed by atoms with Crippen LogP contribution in [0.3, 0.4) is 0 Å². The smallest absolute Gasteiger partial charge is 0.353 e. The Labute approximate surface area is 110 Å². The molecule has 4 nitrogen and oxygen atoms in total. The Morgan fingerprint density at radius 3 is 2.28 bits per heavy atom. The van der Waals surface area contributed by atoms with Crippen LogP contribution in [0.1, 0.15) is 19.4 Å². The van der Waals surface area contributed by atoms with Gasteiger partial charge in [0.15, 0.2) is 0 Å². The van der Waals surface area contributed by atoms with E-state index in [1.165, 1.54) is 0 Å². The Morgan fingerprint density at radius 1 is 1.28 bits per heavy atom. The van der Waals surface area contributed by atoms with Gasteiger partial charge < -0.3 is 10.6 Å². The Kier molecular flexibility index (Phi) is 6.93. The van der Waals surface area contributed by atoms with Crippen molar-refractivity contribution in [2.24, 2.45) is 0 Å². The molecule has 0 saturated heterocycles. The lowest BCUT2D eigenvalue weighted by molar-refractivity contribution is -0.138. The predicted octanol–water partition coefficient (Wildman–Crippen LogP) is 2.33. The highest BCUT2D eigenvalue weighted by atomic mass is 35.5. The molecule has 2 N–H and O–H groups in total. The van der Waals surface area contributed by atoms with Gasteiger partial charge >= 0.3 is 6.18 Å². The average Bonchev–Trinajstić information content (AvgIpc) is 2.26. The number of hydrogen-bond acceptors (Lipinski definition) is 4. The van der Waals surface area contributed by atoms with Crippen LogP contribution >= 0.6 is 12.4 Å². The van der Waals surface area contributed by atoms with Crippen molar-refractivity contribution in [1.29, 1.82) is 0 Å². The largest absolute Gasteiger partial charge is 0.419 e. The van der Waals surface area contributed by atoms with Gasteiger partial charge in [0.2, 0.25) is 5.95 Å². The van der Waals surface area contributed by atoms with Crippen LogP contribution < -0.4 is 10.6 Å². The zero-order chi connectivity index (χ0) is 12.9. The molecule has 1 unspecified atom stereocenters. The molecule has 0 aliphatic carbocycles. The van der Waals surface area contributed by atoms with Crippen LogP contribution in [0.4, 0.5) is 19.1 Å². The molecule has 0 spiro atoms. The van der Waals surface area contributed by atoms with E-state index in [-0.39, 0.29) is 24.4 Å². The van der Waals surface area contributed by atoms with E-state index in [9.17, 15) is 13.2 Å². The fourth-order valence-electron chi connectivity index (χ4n) is 1.23. The monoisotopic (exact) mass is 284 g/mol. The lowest BCUT2D eigenvalue weighted by atomic mass is 10.3. The zero-order valence-electron chi connectivity index (χ0n) is 10.1. The second kappa shape index (κ2) is 7.38. The van der Waals surface area contributed by atoms with Crippen molar-refractivity contribution in [2.75, 3.05) is 18.4 Å². The lowest BCUT2D eigenvalue weighted by Crippen LogP contribution is -2.32. The van der Waals surface area contributed by atoms with E-state index in [2.05, 4.69) is 20.6 Å². The molecule has 18 heavy (non-hydrogen) atoms. The van der Waals surface area contributed by atoms with Crippen molar-refractivity contribution < 1.29 is 13.2 Å². The molecule has 104 valence electrons. The molecular weight excluding hydrogens is 269 g/mol. The van der Waals surface area contributed by atoms with Gasteiger partial charge in [0, 0.05) is 25.0 Å². The molecule has 0 aromatic carbocycles. The van der Waals surface area contributed by atoms with Gasteiger partial charge in [0.25, 0.3) is 0 Å². The quantitative estimate of drug-likeness (QED) is 0.871. The molecule has 0 fully saturated rings. The van der Waals surface area contributed by atoms with Gasteiger partial charge in [0.1, 0.15) is 0 Å². The number of anilines is 1. The molecule has 0 bridgehead atoms. The Balaban J connectivity index is 0.00000289. The lowest BCUT2D eigenvalue weighted by Gasteiger charge is -2.13. The number of likely N-dealkylation sites (N-methyl/N-ethyl adjacent to an activating group) is 1. The van der Waals surface area contributed by atoms with E-state index in [1.54, 1.807) is 0 Å². The van der Waals surface area contributed by atoms with Gasteiger partial charge in [-0.15, -0.1) is 12.4 Å². The normalized spacial score (nSPS) is 12.7. The molecule has 1 atom stereocenters. The average molecular weight is 285 g/mol. The van der Waals surface area contributed by atoms with Gasteiger partial charge in [-0.1, -0.05) is 6.92 Å². The first-order valence-electron chi connectivity index (χ1n) is 5.30. The van der Waals surface area contributed by atoms with Crippen LogP contribution in [-0.4, -0.2) is 29.1 Å². The van der Waals surface area contributed by atoms with Gasteiger partial charge in [-0.05, 0) is 13.5 Å². The molecular formula is C10H16ClF3N4. The van der Waals surface area contributed by atoms with E-state index in [1.807, 2.05) is 13.8 Å². The standard InChI is InChI=1S/C10H15F3N4.ClH/c1-3-14-7(2)4-15-9-16-5-8(6-17-9)10(11,12)13;/h5-7,14H,3-4H2,1-2H3,(H,15,16,17);1H. The third kappa shape index (κ3) is 5.50. The highest BCUT2D eigenvalue weighted by molar-refractivity contribution is 5.85. The highest BCUT2D eigenvalue weighted by Gasteiger charge is 2.31. The van der Waals surface area contributed by atoms with Crippen molar-refractivity contribution in [2.45, 2.75) is 26.1 Å². The summed E-state index contributed by atoms with van der Waals surface area (Å²) in [5.74, 6) is 0.197. The minimum atomic E-state index is -4.39. The SMILES string of the molecule is CCNC(C)CNc1ncc(C(F)(F)F)cn1.Cl. The van der Waals surface area contributed by atoms with Crippen molar-refractivity contribution in [3.8, 4) is 0 Å². The Hall–Kier alpha value is -1.08. The maximum absolute atomic E-state index is 12.2. The summed E-state index contributed by atoms with van der Waals surface area (Å²) >= 11 is 0. The van der Waals surface area contributed by atoms with Crippen molar-refractivity contribution in [1.82, 2.24) is 15.3 Å². The summed E-state index contributed by atoms with van der Waals surface area (Å²) in [4.78, 5) is 7.21. The summed E-state index contributed by atoms with van der Waals surface area (Å²) in [5, 5.41) is 6.01. The van der Waals surface area contributed by atoms with Crippen LogP contribution in [0, 0.1) is 0 Å². The number of alkyl halides is 3. The van der Waals surface area contributed by atoms with Crippen LogP contribution in [0.2, 0.25) is 0 Å². The highest BCUT2D eigenvalue weighted by Crippen LogP contribution is 2.27. The number of rotatable bonds is 5. The van der Waals surface area contributed by atoms with Crippen molar-refractivity contribution in [3.63, 3.8) is 0 Å². The molecule has 0 radical (unpaired) electrons. The molecule has 8 heteroatoms. The molecule has 0 aliphatic rings. The van der Waals surface area contributed by atoms with Crippen LogP contribution in [0.5, 0.6) is 0 Å². The zero-order valence-corrected chi connectivity index (χ0v) is 10.9. The first-order chi connectivity index (χ1) is 7.93. The predicted molar refractivity (Wildman–Crippen MR) is 65.9 cm³/mol. The molecule has 1 aromatic rings. The first-order valence-corrected chi connectivity index (χ1v) is 5.30. The second-order valence-corrected chi connectivity index (χ2v) is 3.63. The van der Waals surface area contributed by atoms with Crippen LogP contribution in [0.15, 0.2) is 12.4 Å². The molecule has 1 heterocycles. The van der Waals surface area contributed by atoms with Crippen molar-refractivity contribution >= 4 is 18.4 Å². The summed E-state index contributed by atoms with van der Waals surface area (Å²) in [5.41, 5.74) is -0.845. The fraction of sp³-hybridized carbons (Fsp3) is 0.600. The van der Waals surface area contributed by atoms with Crippen LogP contribution in [-0.2, 0) is 6.18 Å². The summed E-state index contributed by atoms with van der Waals surface area (Å²) < 4.78 is 36.7. The maximum Gasteiger partial charge on any atom is 0.419 e. The Bertz CT molecular complexity index is 342. The van der Waals surface area contributed by atoms with E-state index in [4.69, 9.17) is 0 Å². The number of halogens is 4. The minimum Gasteiger partial charge on any atom is -0.353 e.